The molecule has 2 aliphatic rings. The molecule has 16 heavy (non-hydrogen) atoms. The highest BCUT2D eigenvalue weighted by molar-refractivity contribution is 4.95. The molecule has 0 aromatic carbocycles. The molecule has 2 heteroatoms. The molecule has 2 saturated carbocycles. The van der Waals surface area contributed by atoms with E-state index in [0.717, 1.165) is 24.5 Å². The highest BCUT2D eigenvalue weighted by Gasteiger charge is 2.39. The fourth-order valence-electron chi connectivity index (χ4n) is 3.62. The van der Waals surface area contributed by atoms with E-state index < -0.39 is 0 Å². The van der Waals surface area contributed by atoms with Crippen LogP contribution in [0.2, 0.25) is 0 Å². The topological polar surface area (TPSA) is 21.3 Å². The molecule has 2 nitrogen and oxygen atoms in total. The molecular formula is C14H27NO. The molecule has 0 amide bonds. The lowest BCUT2D eigenvalue weighted by Gasteiger charge is -2.28. The molecule has 2 rings (SSSR count). The maximum Gasteiger partial charge on any atom is 0.0615 e. The van der Waals surface area contributed by atoms with Crippen molar-refractivity contribution < 1.29 is 4.74 Å². The van der Waals surface area contributed by atoms with Crippen LogP contribution in [-0.2, 0) is 4.74 Å². The Hall–Kier alpha value is -0.0800. The molecular weight excluding hydrogens is 198 g/mol. The highest BCUT2D eigenvalue weighted by Crippen LogP contribution is 2.44. The summed E-state index contributed by atoms with van der Waals surface area (Å²) in [5.41, 5.74) is 0. The van der Waals surface area contributed by atoms with Crippen LogP contribution in [0.15, 0.2) is 0 Å². The monoisotopic (exact) mass is 225 g/mol. The molecule has 0 aromatic rings. The number of nitrogens with one attached hydrogen (secondary N) is 1. The number of methoxy groups -OCH3 is 1. The summed E-state index contributed by atoms with van der Waals surface area (Å²) in [6.07, 6.45) is 9.77. The van der Waals surface area contributed by atoms with E-state index in [4.69, 9.17) is 4.74 Å². The average Bonchev–Trinajstić information content (AvgIpc) is 2.88. The average molecular weight is 225 g/mol. The van der Waals surface area contributed by atoms with Gasteiger partial charge in [-0.1, -0.05) is 26.2 Å². The quantitative estimate of drug-likeness (QED) is 0.719. The van der Waals surface area contributed by atoms with Crippen LogP contribution >= 0.6 is 0 Å². The SMILES string of the molecule is CCCCC(COC)NC1CC2CCC1C2. The summed E-state index contributed by atoms with van der Waals surface area (Å²) in [4.78, 5) is 0. The van der Waals surface area contributed by atoms with Gasteiger partial charge in [0.1, 0.15) is 0 Å². The summed E-state index contributed by atoms with van der Waals surface area (Å²) >= 11 is 0. The van der Waals surface area contributed by atoms with E-state index in [1.54, 1.807) is 0 Å². The first-order valence-electron chi connectivity index (χ1n) is 7.08. The van der Waals surface area contributed by atoms with Gasteiger partial charge in [0.2, 0.25) is 0 Å². The molecule has 4 atom stereocenters. The third-order valence-electron chi connectivity index (χ3n) is 4.46. The Morgan fingerprint density at radius 3 is 2.75 bits per heavy atom. The van der Waals surface area contributed by atoms with Crippen molar-refractivity contribution in [3.63, 3.8) is 0 Å². The van der Waals surface area contributed by atoms with Gasteiger partial charge in [-0.15, -0.1) is 0 Å². The second-order valence-corrected chi connectivity index (χ2v) is 5.74. The lowest BCUT2D eigenvalue weighted by molar-refractivity contribution is 0.148. The molecule has 0 aliphatic heterocycles. The van der Waals surface area contributed by atoms with Gasteiger partial charge in [-0.2, -0.15) is 0 Å². The predicted octanol–water partition coefficient (Wildman–Crippen LogP) is 2.97. The smallest absolute Gasteiger partial charge is 0.0615 e. The number of ether oxygens (including phenoxy) is 1. The maximum atomic E-state index is 5.33. The first-order valence-corrected chi connectivity index (χ1v) is 7.08. The van der Waals surface area contributed by atoms with Crippen LogP contribution in [0.3, 0.4) is 0 Å². The molecule has 4 unspecified atom stereocenters. The second-order valence-electron chi connectivity index (χ2n) is 5.74. The number of fused-ring (bicyclic) bond motifs is 2. The summed E-state index contributed by atoms with van der Waals surface area (Å²) in [6, 6.07) is 1.39. The van der Waals surface area contributed by atoms with Crippen LogP contribution in [-0.4, -0.2) is 25.8 Å². The van der Waals surface area contributed by atoms with Crippen LogP contribution in [0.4, 0.5) is 0 Å². The summed E-state index contributed by atoms with van der Waals surface area (Å²) < 4.78 is 5.33. The lowest BCUT2D eigenvalue weighted by Crippen LogP contribution is -2.43. The fraction of sp³-hybridized carbons (Fsp3) is 1.00. The Bertz CT molecular complexity index is 207. The Balaban J connectivity index is 1.76. The van der Waals surface area contributed by atoms with Gasteiger partial charge in [-0.3, -0.25) is 0 Å². The summed E-state index contributed by atoms with van der Waals surface area (Å²) in [5, 5.41) is 3.86. The molecule has 2 fully saturated rings. The van der Waals surface area contributed by atoms with Gasteiger partial charge in [0.05, 0.1) is 6.61 Å². The van der Waals surface area contributed by atoms with Crippen molar-refractivity contribution in [2.75, 3.05) is 13.7 Å². The van der Waals surface area contributed by atoms with Crippen LogP contribution in [0.25, 0.3) is 0 Å². The van der Waals surface area contributed by atoms with Gasteiger partial charge >= 0.3 is 0 Å². The van der Waals surface area contributed by atoms with E-state index in [1.165, 1.54) is 44.9 Å². The normalized spacial score (nSPS) is 34.5. The van der Waals surface area contributed by atoms with E-state index in [-0.39, 0.29) is 0 Å². The summed E-state index contributed by atoms with van der Waals surface area (Å²) in [6.45, 7) is 3.15. The van der Waals surface area contributed by atoms with Crippen molar-refractivity contribution in [2.24, 2.45) is 11.8 Å². The number of hydrogen-bond donors (Lipinski definition) is 1. The van der Waals surface area contributed by atoms with Gasteiger partial charge in [-0.05, 0) is 37.5 Å². The third kappa shape index (κ3) is 2.98. The van der Waals surface area contributed by atoms with Crippen molar-refractivity contribution in [1.29, 1.82) is 0 Å². The van der Waals surface area contributed by atoms with Gasteiger partial charge in [0.25, 0.3) is 0 Å². The van der Waals surface area contributed by atoms with Crippen molar-refractivity contribution in [1.82, 2.24) is 5.32 Å². The first kappa shape index (κ1) is 12.4. The third-order valence-corrected chi connectivity index (χ3v) is 4.46. The summed E-state index contributed by atoms with van der Waals surface area (Å²) in [7, 11) is 1.82. The van der Waals surface area contributed by atoms with E-state index >= 15 is 0 Å². The van der Waals surface area contributed by atoms with Crippen molar-refractivity contribution in [3.8, 4) is 0 Å². The van der Waals surface area contributed by atoms with E-state index in [9.17, 15) is 0 Å². The highest BCUT2D eigenvalue weighted by atomic mass is 16.5. The summed E-state index contributed by atoms with van der Waals surface area (Å²) in [5.74, 6) is 2.02. The van der Waals surface area contributed by atoms with Crippen molar-refractivity contribution in [3.05, 3.63) is 0 Å². The van der Waals surface area contributed by atoms with Crippen LogP contribution < -0.4 is 5.32 Å². The Labute approximate surface area is 100 Å². The zero-order chi connectivity index (χ0) is 11.4. The van der Waals surface area contributed by atoms with Gasteiger partial charge < -0.3 is 10.1 Å². The Morgan fingerprint density at radius 1 is 1.31 bits per heavy atom. The molecule has 1 N–H and O–H groups in total. The van der Waals surface area contributed by atoms with Crippen molar-refractivity contribution in [2.45, 2.75) is 64.0 Å². The fourth-order valence-corrected chi connectivity index (χ4v) is 3.62. The van der Waals surface area contributed by atoms with Gasteiger partial charge in [0, 0.05) is 19.2 Å². The first-order chi connectivity index (χ1) is 7.83. The number of rotatable bonds is 7. The molecule has 0 radical (unpaired) electrons. The molecule has 0 heterocycles. The maximum absolute atomic E-state index is 5.33. The van der Waals surface area contributed by atoms with E-state index in [0.29, 0.717) is 6.04 Å². The number of unbranched alkanes of at least 4 members (excludes halogenated alkanes) is 1. The van der Waals surface area contributed by atoms with Gasteiger partial charge in [0.15, 0.2) is 0 Å². The minimum atomic E-state index is 0.592. The molecule has 94 valence electrons. The van der Waals surface area contributed by atoms with Crippen LogP contribution in [0.1, 0.15) is 51.9 Å². The molecule has 0 aromatic heterocycles. The second kappa shape index (κ2) is 6.02. The lowest BCUT2D eigenvalue weighted by atomic mass is 9.94. The molecule has 0 saturated heterocycles. The zero-order valence-corrected chi connectivity index (χ0v) is 10.9. The Morgan fingerprint density at radius 2 is 2.19 bits per heavy atom. The Kier molecular flexibility index (Phi) is 4.66. The van der Waals surface area contributed by atoms with Crippen LogP contribution in [0, 0.1) is 11.8 Å². The largest absolute Gasteiger partial charge is 0.383 e. The van der Waals surface area contributed by atoms with E-state index in [2.05, 4.69) is 12.2 Å². The molecule has 2 aliphatic carbocycles. The minimum absolute atomic E-state index is 0.592. The molecule has 2 bridgehead atoms. The predicted molar refractivity (Wildman–Crippen MR) is 67.6 cm³/mol. The zero-order valence-electron chi connectivity index (χ0n) is 10.9. The van der Waals surface area contributed by atoms with E-state index in [1.807, 2.05) is 7.11 Å². The standard InChI is InChI=1S/C14H27NO/c1-3-4-5-13(10-16-2)15-14-9-11-6-7-12(14)8-11/h11-15H,3-10H2,1-2H3. The minimum Gasteiger partial charge on any atom is -0.383 e. The number of hydrogen-bond acceptors (Lipinski definition) is 2. The van der Waals surface area contributed by atoms with Gasteiger partial charge in [-0.25, -0.2) is 0 Å². The molecule has 0 spiro atoms. The van der Waals surface area contributed by atoms with Crippen LogP contribution in [0.5, 0.6) is 0 Å². The van der Waals surface area contributed by atoms with Crippen molar-refractivity contribution >= 4 is 0 Å².